The molecule has 0 saturated carbocycles. The lowest BCUT2D eigenvalue weighted by atomic mass is 9.81. The summed E-state index contributed by atoms with van der Waals surface area (Å²) in [5, 5.41) is 9.91. The minimum atomic E-state index is -1.31. The molecule has 2 aromatic rings. The first kappa shape index (κ1) is 22.5. The summed E-state index contributed by atoms with van der Waals surface area (Å²) in [6.45, 7) is 1.36. The number of hydrogen-bond donors (Lipinski definition) is 1. The van der Waals surface area contributed by atoms with Crippen LogP contribution in [0.5, 0.6) is 0 Å². The summed E-state index contributed by atoms with van der Waals surface area (Å²) in [4.78, 5) is 26.5. The van der Waals surface area contributed by atoms with Crippen LogP contribution >= 0.6 is 0 Å². The zero-order valence-electron chi connectivity index (χ0n) is 17.5. The lowest BCUT2D eigenvalue weighted by Gasteiger charge is -2.36. The molecule has 0 saturated heterocycles. The third-order valence-electron chi connectivity index (χ3n) is 5.11. The van der Waals surface area contributed by atoms with Gasteiger partial charge in [0.1, 0.15) is 11.5 Å². The molecule has 2 N–H and O–H groups in total. The zero-order valence-corrected chi connectivity index (χ0v) is 17.5. The first-order chi connectivity index (χ1) is 15.3. The van der Waals surface area contributed by atoms with Gasteiger partial charge in [-0.2, -0.15) is 5.26 Å². The monoisotopic (exact) mass is 439 g/mol. The van der Waals surface area contributed by atoms with E-state index in [1.165, 1.54) is 19.1 Å². The second kappa shape index (κ2) is 8.89. The summed E-state index contributed by atoms with van der Waals surface area (Å²) in [5.41, 5.74) is 5.33. The summed E-state index contributed by atoms with van der Waals surface area (Å²) in [7, 11) is 2.15. The van der Waals surface area contributed by atoms with E-state index in [1.807, 2.05) is 6.07 Å². The van der Waals surface area contributed by atoms with E-state index in [4.69, 9.17) is 15.2 Å². The van der Waals surface area contributed by atoms with Crippen molar-refractivity contribution in [3.63, 3.8) is 0 Å². The highest BCUT2D eigenvalue weighted by Gasteiger charge is 2.43. The van der Waals surface area contributed by atoms with E-state index in [9.17, 15) is 23.6 Å². The molecule has 2 aromatic carbocycles. The molecule has 0 aromatic heterocycles. The normalized spacial score (nSPS) is 16.0. The average Bonchev–Trinajstić information content (AvgIpc) is 2.81. The van der Waals surface area contributed by atoms with Crippen molar-refractivity contribution in [2.24, 2.45) is 5.73 Å². The van der Waals surface area contributed by atoms with Gasteiger partial charge in [0, 0.05) is 0 Å². The van der Waals surface area contributed by atoms with Crippen molar-refractivity contribution < 1.29 is 27.8 Å². The minimum Gasteiger partial charge on any atom is -0.466 e. The minimum absolute atomic E-state index is 0.0188. The summed E-state index contributed by atoms with van der Waals surface area (Å²) < 4.78 is 39.1. The maximum absolute atomic E-state index is 15.0. The van der Waals surface area contributed by atoms with Crippen LogP contribution in [0.4, 0.5) is 14.5 Å². The Morgan fingerprint density at radius 1 is 1.03 bits per heavy atom. The lowest BCUT2D eigenvalue weighted by Crippen LogP contribution is -2.41. The highest BCUT2D eigenvalue weighted by atomic mass is 19.2. The molecule has 1 heterocycles. The standard InChI is InChI=1S/C23H19F2N3O4/c1-12-9-10-15(19(25)18(12)24)28-20(23(30)32-3)17(22(29)31-2)16(14(11-26)21(28)27)13-7-5-4-6-8-13/h4-10,16H,27H2,1-3H3. The number of anilines is 1. The van der Waals surface area contributed by atoms with Crippen LogP contribution in [0.15, 0.2) is 65.1 Å². The number of nitriles is 1. The Kier molecular flexibility index (Phi) is 6.25. The van der Waals surface area contributed by atoms with Gasteiger partial charge < -0.3 is 15.2 Å². The Morgan fingerprint density at radius 3 is 2.22 bits per heavy atom. The molecule has 1 aliphatic heterocycles. The summed E-state index contributed by atoms with van der Waals surface area (Å²) in [6.07, 6.45) is 0. The van der Waals surface area contributed by atoms with E-state index in [2.05, 4.69) is 0 Å². The van der Waals surface area contributed by atoms with Crippen molar-refractivity contribution in [2.45, 2.75) is 12.8 Å². The molecule has 0 spiro atoms. The van der Waals surface area contributed by atoms with Crippen molar-refractivity contribution in [3.8, 4) is 6.07 Å². The van der Waals surface area contributed by atoms with Crippen molar-refractivity contribution in [2.75, 3.05) is 19.1 Å². The zero-order chi connectivity index (χ0) is 23.6. The Morgan fingerprint density at radius 2 is 1.66 bits per heavy atom. The quantitative estimate of drug-likeness (QED) is 0.730. The molecule has 0 fully saturated rings. The molecule has 32 heavy (non-hydrogen) atoms. The fourth-order valence-electron chi connectivity index (χ4n) is 3.57. The van der Waals surface area contributed by atoms with Gasteiger partial charge in [-0.25, -0.2) is 18.4 Å². The van der Waals surface area contributed by atoms with Crippen LogP contribution in [0, 0.1) is 29.9 Å². The number of hydrogen-bond acceptors (Lipinski definition) is 7. The summed E-state index contributed by atoms with van der Waals surface area (Å²) >= 11 is 0. The smallest absolute Gasteiger partial charge is 0.355 e. The van der Waals surface area contributed by atoms with Crippen LogP contribution < -0.4 is 10.6 Å². The number of carbonyl (C=O) groups is 2. The number of benzene rings is 2. The predicted octanol–water partition coefficient (Wildman–Crippen LogP) is 3.17. The number of esters is 2. The Bertz CT molecular complexity index is 1200. The maximum Gasteiger partial charge on any atom is 0.355 e. The molecule has 1 aliphatic rings. The molecule has 164 valence electrons. The molecule has 0 aliphatic carbocycles. The van der Waals surface area contributed by atoms with Crippen molar-refractivity contribution >= 4 is 17.6 Å². The molecule has 0 amide bonds. The molecule has 9 heteroatoms. The highest BCUT2D eigenvalue weighted by molar-refractivity contribution is 6.06. The fourth-order valence-corrected chi connectivity index (χ4v) is 3.57. The van der Waals surface area contributed by atoms with Crippen LogP contribution in [0.2, 0.25) is 0 Å². The van der Waals surface area contributed by atoms with Crippen molar-refractivity contribution in [3.05, 3.63) is 87.9 Å². The van der Waals surface area contributed by atoms with Crippen molar-refractivity contribution in [1.29, 1.82) is 5.26 Å². The first-order valence-electron chi connectivity index (χ1n) is 9.38. The fraction of sp³-hybridized carbons (Fsp3) is 0.174. The Balaban J connectivity index is 2.46. The maximum atomic E-state index is 15.0. The number of nitrogens with two attached hydrogens (primary N) is 1. The van der Waals surface area contributed by atoms with E-state index in [-0.39, 0.29) is 22.5 Å². The van der Waals surface area contributed by atoms with E-state index in [1.54, 1.807) is 30.3 Å². The number of carbonyl (C=O) groups excluding carboxylic acids is 2. The Labute approximate surface area is 182 Å². The van der Waals surface area contributed by atoms with E-state index in [0.717, 1.165) is 19.1 Å². The SMILES string of the molecule is COC(=O)C1=C(C(=O)OC)N(c2ccc(C)c(F)c2F)C(N)=C(C#N)C1c1ccccc1. The molecule has 3 rings (SSSR count). The largest absolute Gasteiger partial charge is 0.466 e. The number of rotatable bonds is 4. The summed E-state index contributed by atoms with van der Waals surface area (Å²) in [6, 6.07) is 12.8. The Hall–Kier alpha value is -4.19. The van der Waals surface area contributed by atoms with Gasteiger partial charge in [-0.3, -0.25) is 4.90 Å². The number of aryl methyl sites for hydroxylation is 1. The van der Waals surface area contributed by atoms with Crippen LogP contribution in [0.25, 0.3) is 0 Å². The second-order valence-corrected chi connectivity index (χ2v) is 6.86. The van der Waals surface area contributed by atoms with Crippen molar-refractivity contribution in [1.82, 2.24) is 0 Å². The van der Waals surface area contributed by atoms with E-state index >= 15 is 0 Å². The highest BCUT2D eigenvalue weighted by Crippen LogP contribution is 2.43. The van der Waals surface area contributed by atoms with Crippen LogP contribution in [-0.2, 0) is 19.1 Å². The van der Waals surface area contributed by atoms with Gasteiger partial charge in [0.05, 0.1) is 43.0 Å². The average molecular weight is 439 g/mol. The van der Waals surface area contributed by atoms with Gasteiger partial charge in [-0.15, -0.1) is 0 Å². The number of halogens is 2. The van der Waals surface area contributed by atoms with Gasteiger partial charge in [-0.05, 0) is 24.1 Å². The van der Waals surface area contributed by atoms with Gasteiger partial charge in [-0.1, -0.05) is 36.4 Å². The number of ether oxygens (including phenoxy) is 2. The van der Waals surface area contributed by atoms with Gasteiger partial charge >= 0.3 is 11.9 Å². The second-order valence-electron chi connectivity index (χ2n) is 6.86. The molecule has 1 atom stereocenters. The number of methoxy groups -OCH3 is 2. The van der Waals surface area contributed by atoms with E-state index < -0.39 is 40.9 Å². The van der Waals surface area contributed by atoms with Gasteiger partial charge in [0.15, 0.2) is 11.6 Å². The van der Waals surface area contributed by atoms with Crippen LogP contribution in [0.1, 0.15) is 17.0 Å². The third kappa shape index (κ3) is 3.56. The third-order valence-corrected chi connectivity index (χ3v) is 5.11. The van der Waals surface area contributed by atoms with Gasteiger partial charge in [0.2, 0.25) is 0 Å². The molecular formula is C23H19F2N3O4. The molecule has 0 bridgehead atoms. The predicted molar refractivity (Wildman–Crippen MR) is 111 cm³/mol. The first-order valence-corrected chi connectivity index (χ1v) is 9.38. The van der Waals surface area contributed by atoms with Gasteiger partial charge in [0.25, 0.3) is 0 Å². The molecule has 0 radical (unpaired) electrons. The van der Waals surface area contributed by atoms with Crippen LogP contribution in [0.3, 0.4) is 0 Å². The van der Waals surface area contributed by atoms with Crippen LogP contribution in [-0.4, -0.2) is 26.2 Å². The molecule has 7 nitrogen and oxygen atoms in total. The number of nitrogens with zero attached hydrogens (tertiary/aromatic N) is 2. The topological polar surface area (TPSA) is 106 Å². The molecule has 1 unspecified atom stereocenters. The molecular weight excluding hydrogens is 420 g/mol. The summed E-state index contributed by atoms with van der Waals surface area (Å²) in [5.74, 6) is -5.94. The van der Waals surface area contributed by atoms with E-state index in [0.29, 0.717) is 5.56 Å². The number of allylic oxidation sites excluding steroid dienone is 1. The lowest BCUT2D eigenvalue weighted by molar-refractivity contribution is -0.139.